The van der Waals surface area contributed by atoms with Crippen molar-refractivity contribution in [2.75, 3.05) is 24.6 Å². The molecule has 0 aliphatic carbocycles. The van der Waals surface area contributed by atoms with E-state index in [1.54, 1.807) is 18.3 Å². The minimum atomic E-state index is -5.08. The van der Waals surface area contributed by atoms with Crippen LogP contribution in [0.3, 0.4) is 0 Å². The number of aromatic nitrogens is 3. The first-order valence-electron chi connectivity index (χ1n) is 11.0. The summed E-state index contributed by atoms with van der Waals surface area (Å²) in [5, 5.41) is 17.7. The van der Waals surface area contributed by atoms with Crippen molar-refractivity contribution in [1.29, 1.82) is 5.26 Å². The number of hydrogen-bond donors (Lipinski definition) is 2. The number of amides is 2. The predicted molar refractivity (Wildman–Crippen MR) is 118 cm³/mol. The van der Waals surface area contributed by atoms with Gasteiger partial charge in [-0.25, -0.2) is 19.8 Å². The number of primary amides is 1. The molecule has 0 radical (unpaired) electrons. The molecule has 4 rings (SSSR count). The predicted octanol–water partition coefficient (Wildman–Crippen LogP) is 1.60. The summed E-state index contributed by atoms with van der Waals surface area (Å²) in [7, 11) is 0. The van der Waals surface area contributed by atoms with Crippen LogP contribution in [0.25, 0.3) is 0 Å². The van der Waals surface area contributed by atoms with Crippen molar-refractivity contribution in [2.24, 2.45) is 11.7 Å². The van der Waals surface area contributed by atoms with E-state index in [0.29, 0.717) is 50.3 Å². The van der Waals surface area contributed by atoms with Gasteiger partial charge in [0.2, 0.25) is 5.91 Å². The summed E-state index contributed by atoms with van der Waals surface area (Å²) in [5.41, 5.74) is 6.72. The zero-order valence-electron chi connectivity index (χ0n) is 19.3. The van der Waals surface area contributed by atoms with Gasteiger partial charge in [-0.15, -0.1) is 0 Å². The van der Waals surface area contributed by atoms with E-state index in [4.69, 9.17) is 25.7 Å². The highest BCUT2D eigenvalue weighted by Gasteiger charge is 2.38. The molecule has 0 spiro atoms. The minimum absolute atomic E-state index is 0.0555. The molecule has 0 bridgehead atoms. The van der Waals surface area contributed by atoms with Crippen molar-refractivity contribution < 1.29 is 37.5 Å². The van der Waals surface area contributed by atoms with E-state index in [0.717, 1.165) is 5.56 Å². The van der Waals surface area contributed by atoms with Crippen molar-refractivity contribution in [3.63, 3.8) is 0 Å². The largest absolute Gasteiger partial charge is 0.490 e. The SMILES string of the molecule is N#Cc1cncc([C@@H]2CCON2C(=O)C2CCN(c3cc(C(N)=O)ncn3)CC2)c1.O=C(O)C(F)(F)F. The quantitative estimate of drug-likeness (QED) is 0.601. The molecule has 0 aromatic carbocycles. The molecule has 37 heavy (non-hydrogen) atoms. The number of halogens is 3. The van der Waals surface area contributed by atoms with Crippen LogP contribution in [-0.2, 0) is 14.4 Å². The molecular formula is C22H22F3N7O5. The third-order valence-corrected chi connectivity index (χ3v) is 5.71. The highest BCUT2D eigenvalue weighted by atomic mass is 19.4. The molecule has 2 aliphatic heterocycles. The Bertz CT molecular complexity index is 1200. The molecule has 2 aliphatic rings. The number of nitriles is 1. The van der Waals surface area contributed by atoms with Gasteiger partial charge in [-0.05, 0) is 24.5 Å². The van der Waals surface area contributed by atoms with Gasteiger partial charge in [0, 0.05) is 43.9 Å². The fraction of sp³-hybridized carbons (Fsp3) is 0.409. The van der Waals surface area contributed by atoms with Crippen LogP contribution in [0.1, 0.15) is 46.9 Å². The molecule has 0 unspecified atom stereocenters. The summed E-state index contributed by atoms with van der Waals surface area (Å²) in [6.45, 7) is 1.69. The lowest BCUT2D eigenvalue weighted by Crippen LogP contribution is -2.42. The molecule has 2 saturated heterocycles. The number of anilines is 1. The van der Waals surface area contributed by atoms with Crippen LogP contribution in [-0.4, -0.2) is 68.8 Å². The maximum absolute atomic E-state index is 13.1. The van der Waals surface area contributed by atoms with E-state index >= 15 is 0 Å². The molecule has 3 N–H and O–H groups in total. The second-order valence-electron chi connectivity index (χ2n) is 8.11. The zero-order chi connectivity index (χ0) is 27.2. The molecule has 2 aromatic rings. The number of pyridine rings is 1. The first kappa shape index (κ1) is 27.3. The van der Waals surface area contributed by atoms with Crippen LogP contribution in [0.4, 0.5) is 19.0 Å². The van der Waals surface area contributed by atoms with Gasteiger partial charge in [0.15, 0.2) is 0 Å². The maximum Gasteiger partial charge on any atom is 0.490 e. The average Bonchev–Trinajstić information content (AvgIpc) is 3.38. The first-order valence-corrected chi connectivity index (χ1v) is 11.0. The molecule has 4 heterocycles. The smallest absolute Gasteiger partial charge is 0.475 e. The Morgan fingerprint density at radius 1 is 1.14 bits per heavy atom. The zero-order valence-corrected chi connectivity index (χ0v) is 19.3. The van der Waals surface area contributed by atoms with Crippen molar-refractivity contribution in [2.45, 2.75) is 31.5 Å². The molecule has 2 fully saturated rings. The van der Waals surface area contributed by atoms with Gasteiger partial charge >= 0.3 is 12.1 Å². The number of nitrogens with zero attached hydrogens (tertiary/aromatic N) is 6. The average molecular weight is 521 g/mol. The van der Waals surface area contributed by atoms with Crippen molar-refractivity contribution in [3.05, 3.63) is 47.7 Å². The number of hydroxylamine groups is 2. The Labute approximate surface area is 208 Å². The Hall–Kier alpha value is -4.32. The second-order valence-corrected chi connectivity index (χ2v) is 8.11. The number of hydrogen-bond acceptors (Lipinski definition) is 9. The number of nitrogens with two attached hydrogens (primary N) is 1. The number of carboxylic acids is 1. The van der Waals surface area contributed by atoms with E-state index in [2.05, 4.69) is 21.0 Å². The van der Waals surface area contributed by atoms with Gasteiger partial charge in [0.1, 0.15) is 23.9 Å². The van der Waals surface area contributed by atoms with Crippen LogP contribution >= 0.6 is 0 Å². The number of carboxylic acid groups (broad SMARTS) is 1. The van der Waals surface area contributed by atoms with Crippen LogP contribution in [0.5, 0.6) is 0 Å². The third-order valence-electron chi connectivity index (χ3n) is 5.71. The second kappa shape index (κ2) is 11.6. The van der Waals surface area contributed by atoms with Crippen LogP contribution in [0.2, 0.25) is 0 Å². The summed E-state index contributed by atoms with van der Waals surface area (Å²) in [4.78, 5) is 53.2. The fourth-order valence-corrected chi connectivity index (χ4v) is 3.88. The van der Waals surface area contributed by atoms with Crippen LogP contribution < -0.4 is 10.6 Å². The highest BCUT2D eigenvalue weighted by molar-refractivity contribution is 5.91. The number of carbonyl (C=O) groups is 3. The molecule has 0 saturated carbocycles. The molecular weight excluding hydrogens is 499 g/mol. The summed E-state index contributed by atoms with van der Waals surface area (Å²) in [5.74, 6) is -2.96. The van der Waals surface area contributed by atoms with Crippen LogP contribution in [0, 0.1) is 17.2 Å². The van der Waals surface area contributed by atoms with Crippen molar-refractivity contribution in [3.8, 4) is 6.07 Å². The Morgan fingerprint density at radius 3 is 2.41 bits per heavy atom. The molecule has 2 amide bonds. The summed E-state index contributed by atoms with van der Waals surface area (Å²) < 4.78 is 31.7. The number of alkyl halides is 3. The van der Waals surface area contributed by atoms with Gasteiger partial charge in [-0.2, -0.15) is 18.4 Å². The summed E-state index contributed by atoms with van der Waals surface area (Å²) in [6, 6.07) is 5.16. The van der Waals surface area contributed by atoms with Gasteiger partial charge in [0.05, 0.1) is 18.2 Å². The van der Waals surface area contributed by atoms with Gasteiger partial charge in [0.25, 0.3) is 5.91 Å². The Morgan fingerprint density at radius 2 is 1.81 bits per heavy atom. The van der Waals surface area contributed by atoms with Gasteiger partial charge in [-0.3, -0.25) is 19.4 Å². The third kappa shape index (κ3) is 6.88. The number of rotatable bonds is 4. The normalized spacial score (nSPS) is 17.9. The number of piperidine rings is 1. The molecule has 1 atom stereocenters. The standard InChI is InChI=1S/C20H21N7O3.C2HF3O2/c21-9-13-7-15(11-23-10-13)17-3-6-30-27(17)20(29)14-1-4-26(5-2-14)18-8-16(19(22)28)24-12-25-18;3-2(4,5)1(6)7/h7-8,10-12,14,17H,1-6H2,(H2,22,28);(H,6,7)/t17-;/m0./s1. The Balaban J connectivity index is 0.000000479. The first-order chi connectivity index (χ1) is 17.5. The lowest BCUT2D eigenvalue weighted by molar-refractivity contribution is -0.192. The molecule has 15 heteroatoms. The van der Waals surface area contributed by atoms with E-state index < -0.39 is 18.1 Å². The minimum Gasteiger partial charge on any atom is -0.475 e. The van der Waals surface area contributed by atoms with Crippen LogP contribution in [0.15, 0.2) is 30.9 Å². The monoisotopic (exact) mass is 521 g/mol. The van der Waals surface area contributed by atoms with E-state index in [1.165, 1.54) is 17.6 Å². The van der Waals surface area contributed by atoms with E-state index in [-0.39, 0.29) is 23.6 Å². The van der Waals surface area contributed by atoms with Gasteiger partial charge < -0.3 is 15.7 Å². The molecule has 196 valence electrons. The van der Waals surface area contributed by atoms with E-state index in [1.807, 2.05) is 4.90 Å². The number of aliphatic carboxylic acids is 1. The fourth-order valence-electron chi connectivity index (χ4n) is 3.88. The van der Waals surface area contributed by atoms with Gasteiger partial charge in [-0.1, -0.05) is 0 Å². The van der Waals surface area contributed by atoms with Crippen molar-refractivity contribution in [1.82, 2.24) is 20.0 Å². The molecule has 12 nitrogen and oxygen atoms in total. The lowest BCUT2D eigenvalue weighted by atomic mass is 9.94. The summed E-state index contributed by atoms with van der Waals surface area (Å²) >= 11 is 0. The van der Waals surface area contributed by atoms with Crippen molar-refractivity contribution >= 4 is 23.6 Å². The highest BCUT2D eigenvalue weighted by Crippen LogP contribution is 2.34. The lowest BCUT2D eigenvalue weighted by Gasteiger charge is -2.34. The Kier molecular flexibility index (Phi) is 8.56. The topological polar surface area (TPSA) is 176 Å². The van der Waals surface area contributed by atoms with E-state index in [9.17, 15) is 22.8 Å². The maximum atomic E-state index is 13.1. The summed E-state index contributed by atoms with van der Waals surface area (Å²) in [6.07, 6.45) is 1.35. The molecule has 2 aromatic heterocycles. The number of carbonyl (C=O) groups excluding carboxylic acids is 2.